The molecule has 10 heteroatoms. The molecule has 0 atom stereocenters. The fourth-order valence-corrected chi connectivity index (χ4v) is 2.78. The first kappa shape index (κ1) is 19.3. The van der Waals surface area contributed by atoms with Crippen LogP contribution in [0.5, 0.6) is 0 Å². The van der Waals surface area contributed by atoms with Crippen LogP contribution in [0.25, 0.3) is 0 Å². The molecule has 0 spiro atoms. The molecule has 0 unspecified atom stereocenters. The zero-order valence-corrected chi connectivity index (χ0v) is 15.8. The highest BCUT2D eigenvalue weighted by atomic mass is 16.6. The lowest BCUT2D eigenvalue weighted by molar-refractivity contribution is 0.0600. The number of ether oxygens (including phenoxy) is 2. The lowest BCUT2D eigenvalue weighted by atomic mass is 10.2. The number of nitrogens with one attached hydrogen (secondary N) is 1. The Hall–Kier alpha value is -3.43. The second-order valence-corrected chi connectivity index (χ2v) is 6.01. The van der Waals surface area contributed by atoms with Crippen molar-refractivity contribution in [2.75, 3.05) is 50.1 Å². The van der Waals surface area contributed by atoms with E-state index in [0.29, 0.717) is 55.8 Å². The van der Waals surface area contributed by atoms with E-state index in [4.69, 9.17) is 9.47 Å². The van der Waals surface area contributed by atoms with Crippen LogP contribution < -0.4 is 10.2 Å². The monoisotopic (exact) mass is 386 g/mol. The lowest BCUT2D eigenvalue weighted by Gasteiger charge is -2.33. The third kappa shape index (κ3) is 4.64. The first-order valence-electron chi connectivity index (χ1n) is 8.92. The van der Waals surface area contributed by atoms with E-state index >= 15 is 0 Å². The van der Waals surface area contributed by atoms with E-state index in [1.165, 1.54) is 13.3 Å². The number of methoxy groups -OCH3 is 1. The summed E-state index contributed by atoms with van der Waals surface area (Å²) in [5, 5.41) is 11.2. The highest BCUT2D eigenvalue weighted by Crippen LogP contribution is 2.18. The number of hydrogen-bond acceptors (Lipinski definition) is 9. The molecule has 0 saturated carbocycles. The van der Waals surface area contributed by atoms with E-state index in [1.807, 2.05) is 11.0 Å². The zero-order chi connectivity index (χ0) is 19.9. The molecule has 1 aliphatic rings. The smallest absolute Gasteiger partial charge is 0.409 e. The molecule has 1 aromatic carbocycles. The summed E-state index contributed by atoms with van der Waals surface area (Å²) in [7, 11) is 1.34. The number of amides is 1. The molecule has 1 saturated heterocycles. The number of carbonyl (C=O) groups excluding carboxylic acids is 2. The van der Waals surface area contributed by atoms with Gasteiger partial charge < -0.3 is 24.6 Å². The number of benzene rings is 1. The maximum atomic E-state index is 11.8. The number of esters is 1. The van der Waals surface area contributed by atoms with Gasteiger partial charge in [0.05, 0.1) is 25.5 Å². The molecule has 1 amide bonds. The van der Waals surface area contributed by atoms with Gasteiger partial charge in [-0.2, -0.15) is 10.1 Å². The van der Waals surface area contributed by atoms with Gasteiger partial charge in [-0.3, -0.25) is 0 Å². The van der Waals surface area contributed by atoms with Crippen molar-refractivity contribution >= 4 is 29.5 Å². The molecule has 0 bridgehead atoms. The molecule has 2 aromatic rings. The van der Waals surface area contributed by atoms with Crippen LogP contribution in [0.3, 0.4) is 0 Å². The topological polar surface area (TPSA) is 110 Å². The van der Waals surface area contributed by atoms with Crippen molar-refractivity contribution in [2.45, 2.75) is 6.92 Å². The SMILES string of the molecule is CCOC(=O)N1CCN(c2nncc(Nc3cccc(C(=O)OC)c3)n2)CC1. The molecule has 1 aromatic heterocycles. The second-order valence-electron chi connectivity index (χ2n) is 6.01. The third-order valence-electron chi connectivity index (χ3n) is 4.19. The summed E-state index contributed by atoms with van der Waals surface area (Å²) in [4.78, 5) is 31.6. The lowest BCUT2D eigenvalue weighted by Crippen LogP contribution is -2.49. The van der Waals surface area contributed by atoms with E-state index in [9.17, 15) is 9.59 Å². The van der Waals surface area contributed by atoms with E-state index in [2.05, 4.69) is 20.5 Å². The van der Waals surface area contributed by atoms with E-state index < -0.39 is 5.97 Å². The molecule has 2 heterocycles. The number of anilines is 3. The van der Waals surface area contributed by atoms with E-state index in [0.717, 1.165) is 0 Å². The van der Waals surface area contributed by atoms with Crippen LogP contribution in [0.4, 0.5) is 22.2 Å². The van der Waals surface area contributed by atoms with Crippen LogP contribution >= 0.6 is 0 Å². The predicted molar refractivity (Wildman–Crippen MR) is 102 cm³/mol. The van der Waals surface area contributed by atoms with Crippen molar-refractivity contribution < 1.29 is 19.1 Å². The molecule has 1 aliphatic heterocycles. The van der Waals surface area contributed by atoms with Crippen molar-refractivity contribution in [2.24, 2.45) is 0 Å². The van der Waals surface area contributed by atoms with Crippen molar-refractivity contribution in [1.82, 2.24) is 20.1 Å². The molecule has 1 fully saturated rings. The summed E-state index contributed by atoms with van der Waals surface area (Å²) in [5.74, 6) is 0.557. The first-order valence-corrected chi connectivity index (χ1v) is 8.92. The number of nitrogens with zero attached hydrogens (tertiary/aromatic N) is 5. The average molecular weight is 386 g/mol. The van der Waals surface area contributed by atoms with Crippen LogP contribution in [0, 0.1) is 0 Å². The van der Waals surface area contributed by atoms with Crippen LogP contribution in [0.1, 0.15) is 17.3 Å². The summed E-state index contributed by atoms with van der Waals surface area (Å²) in [5.41, 5.74) is 1.12. The number of rotatable bonds is 5. The Morgan fingerprint density at radius 1 is 1.21 bits per heavy atom. The normalized spacial score (nSPS) is 13.8. The maximum absolute atomic E-state index is 11.8. The van der Waals surface area contributed by atoms with Gasteiger partial charge in [-0.1, -0.05) is 6.07 Å². The Bertz CT molecular complexity index is 838. The van der Waals surface area contributed by atoms with E-state index in [-0.39, 0.29) is 6.09 Å². The van der Waals surface area contributed by atoms with Crippen molar-refractivity contribution in [3.8, 4) is 0 Å². The highest BCUT2D eigenvalue weighted by molar-refractivity contribution is 5.90. The molecule has 3 rings (SSSR count). The van der Waals surface area contributed by atoms with Crippen LogP contribution in [0.2, 0.25) is 0 Å². The van der Waals surface area contributed by atoms with Gasteiger partial charge in [0.25, 0.3) is 0 Å². The van der Waals surface area contributed by atoms with Crippen LogP contribution in [-0.4, -0.2) is 72.0 Å². The van der Waals surface area contributed by atoms with Crippen molar-refractivity contribution in [3.05, 3.63) is 36.0 Å². The molecule has 0 radical (unpaired) electrons. The van der Waals surface area contributed by atoms with Crippen LogP contribution in [0.15, 0.2) is 30.5 Å². The Morgan fingerprint density at radius 2 is 2.00 bits per heavy atom. The van der Waals surface area contributed by atoms with Gasteiger partial charge in [0.2, 0.25) is 5.95 Å². The number of hydrogen-bond donors (Lipinski definition) is 1. The number of piperazine rings is 1. The van der Waals surface area contributed by atoms with Gasteiger partial charge in [0.15, 0.2) is 5.82 Å². The van der Waals surface area contributed by atoms with Gasteiger partial charge in [-0.25, -0.2) is 9.59 Å². The quantitative estimate of drug-likeness (QED) is 0.767. The number of carbonyl (C=O) groups is 2. The molecule has 10 nitrogen and oxygen atoms in total. The Morgan fingerprint density at radius 3 is 2.71 bits per heavy atom. The van der Waals surface area contributed by atoms with Crippen LogP contribution in [-0.2, 0) is 9.47 Å². The van der Waals surface area contributed by atoms with Crippen molar-refractivity contribution in [1.29, 1.82) is 0 Å². The minimum Gasteiger partial charge on any atom is -0.465 e. The third-order valence-corrected chi connectivity index (χ3v) is 4.19. The molecular formula is C18H22N6O4. The van der Waals surface area contributed by atoms with Gasteiger partial charge in [0.1, 0.15) is 0 Å². The second kappa shape index (κ2) is 8.98. The maximum Gasteiger partial charge on any atom is 0.409 e. The first-order chi connectivity index (χ1) is 13.6. The fourth-order valence-electron chi connectivity index (χ4n) is 2.78. The minimum absolute atomic E-state index is 0.304. The fraction of sp³-hybridized carbons (Fsp3) is 0.389. The summed E-state index contributed by atoms with van der Waals surface area (Å²) >= 11 is 0. The molecule has 1 N–H and O–H groups in total. The zero-order valence-electron chi connectivity index (χ0n) is 15.8. The molecule has 28 heavy (non-hydrogen) atoms. The summed E-state index contributed by atoms with van der Waals surface area (Å²) in [6.45, 7) is 4.37. The number of aromatic nitrogens is 3. The van der Waals surface area contributed by atoms with Crippen molar-refractivity contribution in [3.63, 3.8) is 0 Å². The Kier molecular flexibility index (Phi) is 6.20. The predicted octanol–water partition coefficient (Wildman–Crippen LogP) is 1.68. The van der Waals surface area contributed by atoms with Gasteiger partial charge in [-0.05, 0) is 25.1 Å². The minimum atomic E-state index is -0.412. The molecular weight excluding hydrogens is 364 g/mol. The molecule has 0 aliphatic carbocycles. The van der Waals surface area contributed by atoms with E-state index in [1.54, 1.807) is 30.0 Å². The average Bonchev–Trinajstić information content (AvgIpc) is 2.74. The van der Waals surface area contributed by atoms with Gasteiger partial charge >= 0.3 is 12.1 Å². The Balaban J connectivity index is 1.65. The van der Waals surface area contributed by atoms with Gasteiger partial charge in [0, 0.05) is 31.9 Å². The summed E-state index contributed by atoms with van der Waals surface area (Å²) in [6, 6.07) is 6.90. The van der Waals surface area contributed by atoms with Gasteiger partial charge in [-0.15, -0.1) is 5.10 Å². The Labute approximate surface area is 162 Å². The summed E-state index contributed by atoms with van der Waals surface area (Å²) in [6.07, 6.45) is 1.20. The highest BCUT2D eigenvalue weighted by Gasteiger charge is 2.23. The molecule has 148 valence electrons. The largest absolute Gasteiger partial charge is 0.465 e. The summed E-state index contributed by atoms with van der Waals surface area (Å²) < 4.78 is 9.76. The standard InChI is InChI=1S/C18H22N6O4/c1-3-28-18(26)24-9-7-23(8-10-24)17-21-15(12-19-22-17)20-14-6-4-5-13(11-14)16(25)27-2/h4-6,11-12H,3,7-10H2,1-2H3,(H,20,21,22).